The van der Waals surface area contributed by atoms with Crippen LogP contribution in [0.25, 0.3) is 0 Å². The molecule has 21 heavy (non-hydrogen) atoms. The Morgan fingerprint density at radius 1 is 1.38 bits per heavy atom. The molecule has 0 unspecified atom stereocenters. The molecule has 0 spiro atoms. The first-order valence-electron chi connectivity index (χ1n) is 7.39. The van der Waals surface area contributed by atoms with Gasteiger partial charge in [-0.3, -0.25) is 0 Å². The molecule has 0 amide bonds. The van der Waals surface area contributed by atoms with E-state index < -0.39 is 10.0 Å². The number of hydrogen-bond acceptors (Lipinski definition) is 4. The van der Waals surface area contributed by atoms with Crippen LogP contribution in [0, 0.1) is 6.92 Å². The number of halogens is 1. The largest absolute Gasteiger partial charge is 0.328 e. The van der Waals surface area contributed by atoms with Gasteiger partial charge in [0, 0.05) is 18.6 Å². The zero-order valence-electron chi connectivity index (χ0n) is 12.5. The van der Waals surface area contributed by atoms with Gasteiger partial charge >= 0.3 is 0 Å². The molecule has 120 valence electrons. The van der Waals surface area contributed by atoms with E-state index in [0.29, 0.717) is 15.1 Å². The lowest BCUT2D eigenvalue weighted by Gasteiger charge is -2.34. The molecule has 4 nitrogen and oxygen atoms in total. The van der Waals surface area contributed by atoms with E-state index in [1.54, 1.807) is 10.4 Å². The molecule has 1 aromatic heterocycles. The molecular formula is C14H23ClN2O2S2. The number of thiophene rings is 1. The van der Waals surface area contributed by atoms with Gasteiger partial charge in [-0.1, -0.05) is 18.5 Å². The first kappa shape index (κ1) is 17.2. The second-order valence-electron chi connectivity index (χ2n) is 5.71. The Balaban J connectivity index is 2.27. The number of hydrogen-bond donors (Lipinski definition) is 1. The van der Waals surface area contributed by atoms with Crippen molar-refractivity contribution in [1.82, 2.24) is 4.31 Å². The van der Waals surface area contributed by atoms with Crippen molar-refractivity contribution in [2.24, 2.45) is 5.73 Å². The Morgan fingerprint density at radius 3 is 2.48 bits per heavy atom. The van der Waals surface area contributed by atoms with Crippen molar-refractivity contribution < 1.29 is 8.42 Å². The normalized spacial score (nSPS) is 23.7. The van der Waals surface area contributed by atoms with Crippen LogP contribution in [0.5, 0.6) is 0 Å². The maximum Gasteiger partial charge on any atom is 0.252 e. The van der Waals surface area contributed by atoms with Crippen LogP contribution >= 0.6 is 22.9 Å². The zero-order chi connectivity index (χ0) is 15.6. The average molecular weight is 351 g/mol. The molecule has 7 heteroatoms. The number of sulfonamides is 1. The summed E-state index contributed by atoms with van der Waals surface area (Å²) in [7, 11) is -3.46. The van der Waals surface area contributed by atoms with E-state index in [-0.39, 0.29) is 12.1 Å². The summed E-state index contributed by atoms with van der Waals surface area (Å²) in [5, 5.41) is 0. The second-order valence-corrected chi connectivity index (χ2v) is 9.48. The van der Waals surface area contributed by atoms with Crippen LogP contribution in [0.1, 0.15) is 44.6 Å². The lowest BCUT2D eigenvalue weighted by molar-refractivity contribution is 0.240. The van der Waals surface area contributed by atoms with Gasteiger partial charge in [-0.05, 0) is 50.7 Å². The lowest BCUT2D eigenvalue weighted by Crippen LogP contribution is -2.44. The number of nitrogens with two attached hydrogens (primary N) is 1. The smallest absolute Gasteiger partial charge is 0.252 e. The van der Waals surface area contributed by atoms with E-state index in [4.69, 9.17) is 17.3 Å². The summed E-state index contributed by atoms with van der Waals surface area (Å²) in [4.78, 5) is 0. The van der Waals surface area contributed by atoms with Crippen molar-refractivity contribution in [3.05, 3.63) is 16.0 Å². The molecule has 0 bridgehead atoms. The Labute approximate surface area is 136 Å². The van der Waals surface area contributed by atoms with Gasteiger partial charge in [-0.2, -0.15) is 4.31 Å². The van der Waals surface area contributed by atoms with E-state index in [2.05, 4.69) is 0 Å². The minimum absolute atomic E-state index is 0.0657. The van der Waals surface area contributed by atoms with E-state index in [1.807, 2.05) is 13.8 Å². The molecule has 0 aliphatic heterocycles. The minimum atomic E-state index is -3.46. The highest BCUT2D eigenvalue weighted by Gasteiger charge is 2.34. The van der Waals surface area contributed by atoms with E-state index in [1.165, 1.54) is 0 Å². The number of aryl methyl sites for hydroxylation is 1. The fourth-order valence-corrected chi connectivity index (χ4v) is 6.40. The predicted octanol–water partition coefficient (Wildman–Crippen LogP) is 3.38. The fraction of sp³-hybridized carbons (Fsp3) is 0.714. The monoisotopic (exact) mass is 350 g/mol. The van der Waals surface area contributed by atoms with Gasteiger partial charge in [0.1, 0.15) is 4.21 Å². The maximum absolute atomic E-state index is 12.9. The van der Waals surface area contributed by atoms with Gasteiger partial charge in [0.25, 0.3) is 10.0 Å². The summed E-state index contributed by atoms with van der Waals surface area (Å²) in [5.41, 5.74) is 6.75. The average Bonchev–Trinajstić information content (AvgIpc) is 2.78. The lowest BCUT2D eigenvalue weighted by atomic mass is 9.92. The van der Waals surface area contributed by atoms with Gasteiger partial charge in [0.2, 0.25) is 0 Å². The van der Waals surface area contributed by atoms with Crippen LogP contribution in [0.15, 0.2) is 10.3 Å². The van der Waals surface area contributed by atoms with E-state index in [0.717, 1.165) is 49.0 Å². The highest BCUT2D eigenvalue weighted by atomic mass is 35.5. The van der Waals surface area contributed by atoms with E-state index in [9.17, 15) is 8.42 Å². The fourth-order valence-electron chi connectivity index (χ4n) is 2.78. The standard InChI is InChI=1S/C14H23ClN2O2S2/c1-3-8-17(12-6-4-11(16)5-7-12)21(18,19)13-9-10(2)14(15)20-13/h9,11-12H,3-8,16H2,1-2H3. The van der Waals surface area contributed by atoms with Crippen LogP contribution in [-0.2, 0) is 10.0 Å². The minimum Gasteiger partial charge on any atom is -0.328 e. The summed E-state index contributed by atoms with van der Waals surface area (Å²) in [6, 6.07) is 1.96. The second kappa shape index (κ2) is 6.96. The van der Waals surface area contributed by atoms with Crippen molar-refractivity contribution in [2.45, 2.75) is 62.2 Å². The Kier molecular flexibility index (Phi) is 5.71. The van der Waals surface area contributed by atoms with E-state index >= 15 is 0 Å². The molecule has 0 atom stereocenters. The third kappa shape index (κ3) is 3.79. The zero-order valence-corrected chi connectivity index (χ0v) is 14.9. The van der Waals surface area contributed by atoms with Crippen LogP contribution in [0.3, 0.4) is 0 Å². The molecule has 0 radical (unpaired) electrons. The van der Waals surface area contributed by atoms with Gasteiger partial charge in [-0.15, -0.1) is 11.3 Å². The maximum atomic E-state index is 12.9. The highest BCUT2D eigenvalue weighted by Crippen LogP contribution is 2.34. The summed E-state index contributed by atoms with van der Waals surface area (Å²) in [6.07, 6.45) is 4.28. The Bertz CT molecular complexity index is 558. The molecule has 1 saturated carbocycles. The van der Waals surface area contributed by atoms with Crippen molar-refractivity contribution >= 4 is 33.0 Å². The number of nitrogens with zero attached hydrogens (tertiary/aromatic N) is 1. The highest BCUT2D eigenvalue weighted by molar-refractivity contribution is 7.91. The molecule has 0 saturated heterocycles. The van der Waals surface area contributed by atoms with Crippen LogP contribution in [-0.4, -0.2) is 31.4 Å². The molecule has 2 N–H and O–H groups in total. The predicted molar refractivity (Wildman–Crippen MR) is 88.5 cm³/mol. The molecule has 1 fully saturated rings. The molecular weight excluding hydrogens is 328 g/mol. The van der Waals surface area contributed by atoms with Crippen LogP contribution in [0.2, 0.25) is 4.34 Å². The van der Waals surface area contributed by atoms with Gasteiger partial charge in [0.15, 0.2) is 0 Å². The SMILES string of the molecule is CCCN(C1CCC(N)CC1)S(=O)(=O)c1cc(C)c(Cl)s1. The van der Waals surface area contributed by atoms with Crippen molar-refractivity contribution in [3.8, 4) is 0 Å². The van der Waals surface area contributed by atoms with Crippen LogP contribution < -0.4 is 5.73 Å². The Hall–Kier alpha value is -0.140. The van der Waals surface area contributed by atoms with Crippen molar-refractivity contribution in [3.63, 3.8) is 0 Å². The van der Waals surface area contributed by atoms with Gasteiger partial charge < -0.3 is 5.73 Å². The molecule has 1 heterocycles. The first-order valence-corrected chi connectivity index (χ1v) is 10.0. The summed E-state index contributed by atoms with van der Waals surface area (Å²) < 4.78 is 28.4. The molecule has 1 aliphatic carbocycles. The Morgan fingerprint density at radius 2 is 2.00 bits per heavy atom. The van der Waals surface area contributed by atoms with Crippen LogP contribution in [0.4, 0.5) is 0 Å². The third-order valence-electron chi connectivity index (χ3n) is 3.99. The van der Waals surface area contributed by atoms with Gasteiger partial charge in [0.05, 0.1) is 4.34 Å². The molecule has 2 rings (SSSR count). The summed E-state index contributed by atoms with van der Waals surface area (Å²) in [6.45, 7) is 4.39. The molecule has 0 aromatic carbocycles. The topological polar surface area (TPSA) is 63.4 Å². The van der Waals surface area contributed by atoms with Crippen molar-refractivity contribution in [1.29, 1.82) is 0 Å². The summed E-state index contributed by atoms with van der Waals surface area (Å²) in [5.74, 6) is 0. The molecule has 1 aromatic rings. The number of rotatable bonds is 5. The van der Waals surface area contributed by atoms with Gasteiger partial charge in [-0.25, -0.2) is 8.42 Å². The molecule has 1 aliphatic rings. The summed E-state index contributed by atoms with van der Waals surface area (Å²) >= 11 is 7.19. The first-order chi connectivity index (χ1) is 9.86. The third-order valence-corrected chi connectivity index (χ3v) is 7.95. The quantitative estimate of drug-likeness (QED) is 0.885. The van der Waals surface area contributed by atoms with Crippen molar-refractivity contribution in [2.75, 3.05) is 6.54 Å².